The van der Waals surface area contributed by atoms with Gasteiger partial charge in [-0.3, -0.25) is 0 Å². The Morgan fingerprint density at radius 2 is 1.61 bits per heavy atom. The fourth-order valence-corrected chi connectivity index (χ4v) is 3.73. The third-order valence-electron chi connectivity index (χ3n) is 4.32. The molecule has 11 heteroatoms. The normalized spacial score (nSPS) is 11.4. The zero-order valence-corrected chi connectivity index (χ0v) is 19.8. The molecule has 0 aliphatic carbocycles. The molecule has 0 fully saturated rings. The molecule has 0 amide bonds. The molecule has 1 aromatic heterocycles. The van der Waals surface area contributed by atoms with E-state index in [0.717, 1.165) is 11.5 Å². The summed E-state index contributed by atoms with van der Waals surface area (Å²) in [7, 11) is 3.41. The molecule has 2 rings (SSSR count). The van der Waals surface area contributed by atoms with Crippen molar-refractivity contribution >= 4 is 27.7 Å². The van der Waals surface area contributed by atoms with Gasteiger partial charge in [-0.25, -0.2) is 18.2 Å². The summed E-state index contributed by atoms with van der Waals surface area (Å²) in [6.07, 6.45) is 3.87. The summed E-state index contributed by atoms with van der Waals surface area (Å²) in [6, 6.07) is 6.36. The van der Waals surface area contributed by atoms with Crippen LogP contribution in [0.4, 0.5) is 5.82 Å². The van der Waals surface area contributed by atoms with Gasteiger partial charge >= 0.3 is 5.97 Å². The van der Waals surface area contributed by atoms with E-state index in [2.05, 4.69) is 15.0 Å². The minimum absolute atomic E-state index is 0.243. The second-order valence-corrected chi connectivity index (χ2v) is 8.30. The lowest BCUT2D eigenvalue weighted by Crippen LogP contribution is -2.05. The molecule has 0 aliphatic rings. The highest BCUT2D eigenvalue weighted by atomic mass is 32.2. The van der Waals surface area contributed by atoms with Crippen molar-refractivity contribution in [1.82, 2.24) is 4.98 Å². The average Bonchev–Trinajstić information content (AvgIpc) is 2.81. The fourth-order valence-electron chi connectivity index (χ4n) is 2.71. The molecule has 2 aromatic rings. The number of methoxy groups -OCH3 is 5. The summed E-state index contributed by atoms with van der Waals surface area (Å²) in [6.45, 7) is 0. The summed E-state index contributed by atoms with van der Waals surface area (Å²) in [5, 5.41) is 3.84. The maximum absolute atomic E-state index is 12.7. The Hall–Kier alpha value is -3.73. The predicted octanol–water partition coefficient (Wildman–Crippen LogP) is 2.80. The number of carbonyl (C=O) groups excluding carboxylic acids is 1. The molecule has 0 aliphatic heterocycles. The van der Waals surface area contributed by atoms with E-state index in [1.807, 2.05) is 0 Å². The Labute approximate surface area is 192 Å². The first-order valence-corrected chi connectivity index (χ1v) is 11.2. The molecule has 0 saturated heterocycles. The first kappa shape index (κ1) is 25.5. The van der Waals surface area contributed by atoms with Crippen LogP contribution in [0.2, 0.25) is 0 Å². The molecular formula is C22H26N2O8S. The van der Waals surface area contributed by atoms with Crippen molar-refractivity contribution in [2.24, 2.45) is 0 Å². The standard InChI is InChI=1S/C22H26N2O8S/c1-28-16-12-19(30-3)17(20(13-16)31-4)9-11-33(26,27)14-15-6-7-18(29-2)22(24-15)23-10-8-21(25)32-5/h6-13H,14H2,1-5H3,(H,23,24). The number of esters is 1. The monoisotopic (exact) mass is 478 g/mol. The van der Waals surface area contributed by atoms with Gasteiger partial charge < -0.3 is 29.0 Å². The van der Waals surface area contributed by atoms with E-state index in [9.17, 15) is 13.2 Å². The number of anilines is 1. The SMILES string of the molecule is COC(=O)C=CNc1nc(CS(=O)(=O)C=Cc2c(OC)cc(OC)cc2OC)ccc1OC. The average molecular weight is 479 g/mol. The summed E-state index contributed by atoms with van der Waals surface area (Å²) in [5.74, 6) is 0.973. The Morgan fingerprint density at radius 3 is 2.15 bits per heavy atom. The van der Waals surface area contributed by atoms with Crippen LogP contribution in [0.15, 0.2) is 41.9 Å². The summed E-state index contributed by atoms with van der Waals surface area (Å²) >= 11 is 0. The van der Waals surface area contributed by atoms with Crippen molar-refractivity contribution in [1.29, 1.82) is 0 Å². The largest absolute Gasteiger partial charge is 0.496 e. The predicted molar refractivity (Wildman–Crippen MR) is 123 cm³/mol. The Kier molecular flexibility index (Phi) is 9.10. The molecule has 0 unspecified atom stereocenters. The maximum atomic E-state index is 12.7. The molecule has 1 aromatic carbocycles. The third kappa shape index (κ3) is 7.14. The van der Waals surface area contributed by atoms with Gasteiger partial charge in [0.2, 0.25) is 0 Å². The third-order valence-corrected chi connectivity index (χ3v) is 5.57. The number of nitrogens with one attached hydrogen (secondary N) is 1. The van der Waals surface area contributed by atoms with Crippen LogP contribution in [0.25, 0.3) is 6.08 Å². The number of sulfone groups is 1. The lowest BCUT2D eigenvalue weighted by Gasteiger charge is -2.12. The van der Waals surface area contributed by atoms with Crippen molar-refractivity contribution in [3.63, 3.8) is 0 Å². The van der Waals surface area contributed by atoms with E-state index < -0.39 is 15.8 Å². The Morgan fingerprint density at radius 1 is 0.970 bits per heavy atom. The highest BCUT2D eigenvalue weighted by Crippen LogP contribution is 2.35. The number of hydrogen-bond acceptors (Lipinski definition) is 10. The van der Waals surface area contributed by atoms with Gasteiger partial charge in [-0.05, 0) is 18.2 Å². The number of rotatable bonds is 11. The number of aromatic nitrogens is 1. The zero-order valence-electron chi connectivity index (χ0n) is 18.9. The molecule has 0 saturated carbocycles. The van der Waals surface area contributed by atoms with Crippen LogP contribution in [0.1, 0.15) is 11.3 Å². The smallest absolute Gasteiger partial charge is 0.331 e. The van der Waals surface area contributed by atoms with Crippen molar-refractivity contribution < 1.29 is 36.9 Å². The second kappa shape index (κ2) is 11.8. The fraction of sp³-hybridized carbons (Fsp3) is 0.273. The number of benzene rings is 1. The number of ether oxygens (including phenoxy) is 5. The Balaban J connectivity index is 2.29. The van der Waals surface area contributed by atoms with Gasteiger partial charge in [0.25, 0.3) is 0 Å². The first-order valence-electron chi connectivity index (χ1n) is 9.52. The Bertz CT molecular complexity index is 1120. The van der Waals surface area contributed by atoms with E-state index in [1.165, 1.54) is 53.9 Å². The molecule has 0 atom stereocenters. The van der Waals surface area contributed by atoms with Gasteiger partial charge in [-0.1, -0.05) is 0 Å². The topological polar surface area (TPSA) is 122 Å². The molecule has 1 heterocycles. The lowest BCUT2D eigenvalue weighted by molar-refractivity contribution is -0.134. The molecule has 0 bridgehead atoms. The minimum Gasteiger partial charge on any atom is -0.496 e. The van der Waals surface area contributed by atoms with E-state index in [4.69, 9.17) is 18.9 Å². The van der Waals surface area contributed by atoms with E-state index >= 15 is 0 Å². The first-order chi connectivity index (χ1) is 15.8. The molecule has 178 valence electrons. The summed E-state index contributed by atoms with van der Waals surface area (Å²) in [4.78, 5) is 15.5. The minimum atomic E-state index is -3.72. The quantitative estimate of drug-likeness (QED) is 0.381. The van der Waals surface area contributed by atoms with Crippen LogP contribution < -0.4 is 24.3 Å². The van der Waals surface area contributed by atoms with Crippen LogP contribution >= 0.6 is 0 Å². The van der Waals surface area contributed by atoms with Crippen molar-refractivity contribution in [2.75, 3.05) is 40.9 Å². The second-order valence-electron chi connectivity index (χ2n) is 6.41. The van der Waals surface area contributed by atoms with Gasteiger partial charge in [-0.2, -0.15) is 0 Å². The van der Waals surface area contributed by atoms with Crippen molar-refractivity contribution in [3.8, 4) is 23.0 Å². The van der Waals surface area contributed by atoms with Gasteiger partial charge in [0.05, 0.1) is 52.6 Å². The van der Waals surface area contributed by atoms with E-state index in [1.54, 1.807) is 18.2 Å². The van der Waals surface area contributed by atoms with Gasteiger partial charge in [0.15, 0.2) is 21.4 Å². The van der Waals surface area contributed by atoms with Crippen molar-refractivity contribution in [2.45, 2.75) is 5.75 Å². The maximum Gasteiger partial charge on any atom is 0.331 e. The van der Waals surface area contributed by atoms with Crippen LogP contribution in [-0.4, -0.2) is 54.9 Å². The number of pyridine rings is 1. The van der Waals surface area contributed by atoms with Gasteiger partial charge in [0, 0.05) is 29.8 Å². The number of nitrogens with zero attached hydrogens (tertiary/aromatic N) is 1. The van der Waals surface area contributed by atoms with Crippen LogP contribution in [0.3, 0.4) is 0 Å². The zero-order chi connectivity index (χ0) is 24.4. The molecule has 1 N–H and O–H groups in total. The summed E-state index contributed by atoms with van der Waals surface area (Å²) in [5.41, 5.74) is 0.713. The van der Waals surface area contributed by atoms with Crippen LogP contribution in [-0.2, 0) is 25.1 Å². The number of carbonyl (C=O) groups is 1. The lowest BCUT2D eigenvalue weighted by atomic mass is 10.1. The highest BCUT2D eigenvalue weighted by molar-refractivity contribution is 7.93. The van der Waals surface area contributed by atoms with E-state index in [-0.39, 0.29) is 17.3 Å². The van der Waals surface area contributed by atoms with E-state index in [0.29, 0.717) is 28.6 Å². The molecule has 0 spiro atoms. The van der Waals surface area contributed by atoms with Crippen LogP contribution in [0.5, 0.6) is 23.0 Å². The molecular weight excluding hydrogens is 452 g/mol. The van der Waals surface area contributed by atoms with Gasteiger partial charge in [-0.15, -0.1) is 0 Å². The van der Waals surface area contributed by atoms with Gasteiger partial charge in [0.1, 0.15) is 17.2 Å². The van der Waals surface area contributed by atoms with Crippen LogP contribution in [0, 0.1) is 0 Å². The highest BCUT2D eigenvalue weighted by Gasteiger charge is 2.15. The summed E-state index contributed by atoms with van der Waals surface area (Å²) < 4.78 is 51.1. The molecule has 10 nitrogen and oxygen atoms in total. The number of hydrogen-bond donors (Lipinski definition) is 1. The molecule has 0 radical (unpaired) electrons. The molecule has 33 heavy (non-hydrogen) atoms. The van der Waals surface area contributed by atoms with Crippen molar-refractivity contribution in [3.05, 3.63) is 53.2 Å².